The summed E-state index contributed by atoms with van der Waals surface area (Å²) >= 11 is 7.41. The van der Waals surface area contributed by atoms with Crippen molar-refractivity contribution >= 4 is 63.3 Å². The monoisotopic (exact) mass is 504 g/mol. The Labute approximate surface area is 211 Å². The predicted molar refractivity (Wildman–Crippen MR) is 141 cm³/mol. The van der Waals surface area contributed by atoms with E-state index in [2.05, 4.69) is 10.6 Å². The molecule has 0 aromatic heterocycles. The first kappa shape index (κ1) is 24.3. The average molecular weight is 505 g/mol. The molecule has 0 saturated heterocycles. The Morgan fingerprint density at radius 2 is 1.57 bits per heavy atom. The molecule has 0 radical (unpaired) electrons. The highest BCUT2D eigenvalue weighted by Gasteiger charge is 2.17. The van der Waals surface area contributed by atoms with Gasteiger partial charge in [-0.2, -0.15) is 0 Å². The number of aromatic carboxylic acids is 1. The number of carbonyl (C=O) groups excluding carboxylic acids is 2. The Hall–Kier alpha value is -3.81. The number of hydrogen-bond donors (Lipinski definition) is 3. The number of rotatable bonds is 7. The van der Waals surface area contributed by atoms with Crippen molar-refractivity contribution in [2.24, 2.45) is 0 Å². The second-order valence-electron chi connectivity index (χ2n) is 7.79. The number of thioether (sulfide) groups is 1. The molecule has 0 fully saturated rings. The zero-order valence-electron chi connectivity index (χ0n) is 18.6. The Morgan fingerprint density at radius 3 is 2.34 bits per heavy atom. The molecule has 4 rings (SSSR count). The van der Waals surface area contributed by atoms with Gasteiger partial charge in [-0.15, -0.1) is 11.8 Å². The number of nitrogens with one attached hydrogen (secondary N) is 2. The maximum absolute atomic E-state index is 12.8. The minimum Gasteiger partial charge on any atom is -0.478 e. The van der Waals surface area contributed by atoms with Gasteiger partial charge in [0.25, 0.3) is 5.91 Å². The van der Waals surface area contributed by atoms with Crippen LogP contribution in [0, 0.1) is 0 Å². The van der Waals surface area contributed by atoms with Crippen LogP contribution in [0.4, 0.5) is 11.4 Å². The van der Waals surface area contributed by atoms with Gasteiger partial charge >= 0.3 is 5.97 Å². The fraction of sp³-hybridized carbons (Fsp3) is 0.0741. The molecule has 1 atom stereocenters. The number of carbonyl (C=O) groups is 3. The first-order chi connectivity index (χ1) is 16.8. The third-order valence-electron chi connectivity index (χ3n) is 5.26. The van der Waals surface area contributed by atoms with Gasteiger partial charge in [0.15, 0.2) is 0 Å². The zero-order chi connectivity index (χ0) is 24.9. The van der Waals surface area contributed by atoms with Crippen molar-refractivity contribution in [3.63, 3.8) is 0 Å². The van der Waals surface area contributed by atoms with E-state index < -0.39 is 11.2 Å². The molecule has 8 heteroatoms. The third kappa shape index (κ3) is 6.01. The summed E-state index contributed by atoms with van der Waals surface area (Å²) in [6, 6.07) is 24.7. The maximum Gasteiger partial charge on any atom is 0.335 e. The molecule has 176 valence electrons. The zero-order valence-corrected chi connectivity index (χ0v) is 20.2. The Balaban J connectivity index is 1.42. The number of benzene rings is 4. The van der Waals surface area contributed by atoms with Gasteiger partial charge in [0.05, 0.1) is 21.5 Å². The van der Waals surface area contributed by atoms with Crippen LogP contribution < -0.4 is 10.6 Å². The number of carboxylic acid groups (broad SMARTS) is 1. The van der Waals surface area contributed by atoms with Crippen LogP contribution >= 0.6 is 23.4 Å². The second kappa shape index (κ2) is 10.6. The number of fused-ring (bicyclic) bond motifs is 1. The lowest BCUT2D eigenvalue weighted by Gasteiger charge is -2.14. The van der Waals surface area contributed by atoms with Crippen LogP contribution in [-0.2, 0) is 4.79 Å². The summed E-state index contributed by atoms with van der Waals surface area (Å²) in [6.07, 6.45) is 0. The van der Waals surface area contributed by atoms with Gasteiger partial charge in [0.2, 0.25) is 5.91 Å². The molecule has 0 saturated carbocycles. The number of anilines is 2. The van der Waals surface area contributed by atoms with Gasteiger partial charge in [-0.05, 0) is 66.2 Å². The van der Waals surface area contributed by atoms with Crippen molar-refractivity contribution in [1.29, 1.82) is 0 Å². The van der Waals surface area contributed by atoms with Gasteiger partial charge in [0.1, 0.15) is 0 Å². The fourth-order valence-electron chi connectivity index (χ4n) is 3.43. The molecular weight excluding hydrogens is 484 g/mol. The molecule has 0 heterocycles. The van der Waals surface area contributed by atoms with E-state index in [0.29, 0.717) is 11.3 Å². The van der Waals surface area contributed by atoms with Gasteiger partial charge in [0, 0.05) is 16.1 Å². The molecular formula is C27H21ClN2O4S. The van der Waals surface area contributed by atoms with Crippen molar-refractivity contribution < 1.29 is 19.5 Å². The summed E-state index contributed by atoms with van der Waals surface area (Å²) in [4.78, 5) is 37.4. The predicted octanol–water partition coefficient (Wildman–Crippen LogP) is 6.56. The molecule has 0 bridgehead atoms. The van der Waals surface area contributed by atoms with E-state index in [0.717, 1.165) is 15.7 Å². The first-order valence-electron chi connectivity index (χ1n) is 10.7. The van der Waals surface area contributed by atoms with Crippen molar-refractivity contribution in [3.8, 4) is 0 Å². The lowest BCUT2D eigenvalue weighted by atomic mass is 10.1. The summed E-state index contributed by atoms with van der Waals surface area (Å²) in [5.41, 5.74) is 1.42. The lowest BCUT2D eigenvalue weighted by molar-refractivity contribution is -0.115. The molecule has 0 aliphatic heterocycles. The quantitative estimate of drug-likeness (QED) is 0.248. The number of hydrogen-bond acceptors (Lipinski definition) is 4. The molecule has 1 unspecified atom stereocenters. The molecule has 4 aromatic rings. The number of halogens is 1. The van der Waals surface area contributed by atoms with Crippen LogP contribution in [0.2, 0.25) is 5.02 Å². The second-order valence-corrected chi connectivity index (χ2v) is 9.61. The van der Waals surface area contributed by atoms with E-state index in [-0.39, 0.29) is 28.1 Å². The van der Waals surface area contributed by atoms with Crippen LogP contribution in [0.15, 0.2) is 89.8 Å². The fourth-order valence-corrected chi connectivity index (χ4v) is 4.52. The van der Waals surface area contributed by atoms with Gasteiger partial charge in [-0.1, -0.05) is 48.0 Å². The minimum absolute atomic E-state index is 0.0277. The van der Waals surface area contributed by atoms with Crippen LogP contribution in [0.25, 0.3) is 10.8 Å². The van der Waals surface area contributed by atoms with Crippen molar-refractivity contribution in [1.82, 2.24) is 0 Å². The van der Waals surface area contributed by atoms with Crippen molar-refractivity contribution in [3.05, 3.63) is 101 Å². The van der Waals surface area contributed by atoms with Gasteiger partial charge in [-0.3, -0.25) is 9.59 Å². The Kier molecular flexibility index (Phi) is 7.39. The molecule has 0 spiro atoms. The van der Waals surface area contributed by atoms with Gasteiger partial charge < -0.3 is 15.7 Å². The number of amides is 2. The highest BCUT2D eigenvalue weighted by molar-refractivity contribution is 8.00. The van der Waals surface area contributed by atoms with E-state index in [1.807, 2.05) is 42.5 Å². The summed E-state index contributed by atoms with van der Waals surface area (Å²) in [6.45, 7) is 1.73. The standard InChI is InChI=1S/C27H21ClN2O4S/c1-16(25(31)30-24-14-20(27(33)34)11-12-23(24)28)35-22-8-4-7-21(15-22)29-26(32)19-10-9-17-5-2-3-6-18(17)13-19/h2-16H,1H3,(H,29,32)(H,30,31)(H,33,34). The molecule has 2 amide bonds. The molecule has 3 N–H and O–H groups in total. The largest absolute Gasteiger partial charge is 0.478 e. The maximum atomic E-state index is 12.8. The van der Waals surface area contributed by atoms with E-state index >= 15 is 0 Å². The highest BCUT2D eigenvalue weighted by Crippen LogP contribution is 2.29. The molecule has 6 nitrogen and oxygen atoms in total. The van der Waals surface area contributed by atoms with E-state index in [1.165, 1.54) is 30.0 Å². The van der Waals surface area contributed by atoms with E-state index in [1.54, 1.807) is 31.2 Å². The summed E-state index contributed by atoms with van der Waals surface area (Å²) in [5.74, 6) is -1.66. The minimum atomic E-state index is -1.11. The molecule has 35 heavy (non-hydrogen) atoms. The molecule has 4 aromatic carbocycles. The average Bonchev–Trinajstić information content (AvgIpc) is 2.85. The summed E-state index contributed by atoms with van der Waals surface area (Å²) < 4.78 is 0. The van der Waals surface area contributed by atoms with Crippen LogP contribution in [0.3, 0.4) is 0 Å². The summed E-state index contributed by atoms with van der Waals surface area (Å²) in [5, 5.41) is 16.5. The lowest BCUT2D eigenvalue weighted by Crippen LogP contribution is -2.22. The van der Waals surface area contributed by atoms with E-state index in [9.17, 15) is 14.4 Å². The highest BCUT2D eigenvalue weighted by atomic mass is 35.5. The molecule has 0 aliphatic rings. The normalized spacial score (nSPS) is 11.6. The SMILES string of the molecule is CC(Sc1cccc(NC(=O)c2ccc3ccccc3c2)c1)C(=O)Nc1cc(C(=O)O)ccc1Cl. The Bertz CT molecular complexity index is 1440. The van der Waals surface area contributed by atoms with Crippen molar-refractivity contribution in [2.45, 2.75) is 17.1 Å². The topological polar surface area (TPSA) is 95.5 Å². The van der Waals surface area contributed by atoms with Crippen LogP contribution in [0.1, 0.15) is 27.6 Å². The summed E-state index contributed by atoms with van der Waals surface area (Å²) in [7, 11) is 0. The van der Waals surface area contributed by atoms with E-state index in [4.69, 9.17) is 16.7 Å². The smallest absolute Gasteiger partial charge is 0.335 e. The molecule has 0 aliphatic carbocycles. The van der Waals surface area contributed by atoms with Gasteiger partial charge in [-0.25, -0.2) is 4.79 Å². The van der Waals surface area contributed by atoms with Crippen molar-refractivity contribution in [2.75, 3.05) is 10.6 Å². The van der Waals surface area contributed by atoms with Crippen LogP contribution in [0.5, 0.6) is 0 Å². The third-order valence-corrected chi connectivity index (χ3v) is 6.68. The first-order valence-corrected chi connectivity index (χ1v) is 12.0. The number of carboxylic acids is 1. The Morgan fingerprint density at radius 1 is 0.829 bits per heavy atom. The van der Waals surface area contributed by atoms with Crippen LogP contribution in [-0.4, -0.2) is 28.1 Å².